The van der Waals surface area contributed by atoms with Crippen molar-refractivity contribution in [2.45, 2.75) is 72.0 Å². The zero-order chi connectivity index (χ0) is 46.9. The van der Waals surface area contributed by atoms with E-state index in [0.29, 0.717) is 29.9 Å². The standard InChI is InChI=1S/C49H56N6O11/c1-5-54(35-15-18-63-19-16-35)40-27-34(26-37(31(40)4)45(58)51-28-38-29(2)25-30(3)52-46(38)59)32-9-11-33(12-10-32)44(57)50-17-20-64-21-22-65-23-24-66-41-8-6-7-36-43(41)49(62)55(48(36)61)39-13-14-42(56)53-47(39)60/h6-12,25-27,35,39H,5,13-24,28H2,1-4H3,(H,50,57)(H,51,58)(H,52,59)(H,53,56,60). The van der Waals surface area contributed by atoms with Gasteiger partial charge in [0.1, 0.15) is 18.4 Å². The number of carbonyl (C=O) groups is 6. The minimum Gasteiger partial charge on any atom is -0.490 e. The molecule has 3 aromatic carbocycles. The van der Waals surface area contributed by atoms with Crippen molar-refractivity contribution in [2.24, 2.45) is 0 Å². The molecule has 1 atom stereocenters. The van der Waals surface area contributed by atoms with Crippen LogP contribution in [0.4, 0.5) is 5.69 Å². The molecule has 0 aliphatic carbocycles. The van der Waals surface area contributed by atoms with Gasteiger partial charge in [-0.15, -0.1) is 0 Å². The van der Waals surface area contributed by atoms with E-state index in [0.717, 1.165) is 57.9 Å². The number of aromatic amines is 1. The Morgan fingerprint density at radius 2 is 1.55 bits per heavy atom. The molecule has 4 N–H and O–H groups in total. The number of ether oxygens (including phenoxy) is 4. The van der Waals surface area contributed by atoms with E-state index in [4.69, 9.17) is 18.9 Å². The second kappa shape index (κ2) is 21.5. The van der Waals surface area contributed by atoms with Crippen LogP contribution in [-0.2, 0) is 30.3 Å². The third-order valence-corrected chi connectivity index (χ3v) is 12.1. The number of imide groups is 2. The highest BCUT2D eigenvalue weighted by Gasteiger charge is 2.46. The van der Waals surface area contributed by atoms with Gasteiger partial charge in [0, 0.05) is 73.4 Å². The lowest BCUT2D eigenvalue weighted by Crippen LogP contribution is -2.54. The van der Waals surface area contributed by atoms with Gasteiger partial charge in [-0.3, -0.25) is 43.8 Å². The van der Waals surface area contributed by atoms with Crippen molar-refractivity contribution >= 4 is 41.1 Å². The molecule has 2 fully saturated rings. The Hall–Kier alpha value is -6.69. The molecule has 1 unspecified atom stereocenters. The topological polar surface area (TPSA) is 215 Å². The summed E-state index contributed by atoms with van der Waals surface area (Å²) < 4.78 is 22.7. The van der Waals surface area contributed by atoms with Crippen LogP contribution in [-0.4, -0.2) is 117 Å². The molecule has 3 aliphatic rings. The zero-order valence-corrected chi connectivity index (χ0v) is 37.7. The molecule has 4 aromatic rings. The summed E-state index contributed by atoms with van der Waals surface area (Å²) in [6, 6.07) is 16.9. The van der Waals surface area contributed by atoms with Crippen molar-refractivity contribution in [3.8, 4) is 16.9 Å². The smallest absolute Gasteiger partial charge is 0.266 e. The lowest BCUT2D eigenvalue weighted by molar-refractivity contribution is -0.136. The van der Waals surface area contributed by atoms with Gasteiger partial charge >= 0.3 is 0 Å². The van der Waals surface area contributed by atoms with Crippen LogP contribution in [0.5, 0.6) is 5.75 Å². The Balaban J connectivity index is 0.884. The normalized spacial score (nSPS) is 16.2. The van der Waals surface area contributed by atoms with E-state index >= 15 is 0 Å². The van der Waals surface area contributed by atoms with Crippen molar-refractivity contribution < 1.29 is 47.7 Å². The van der Waals surface area contributed by atoms with Gasteiger partial charge < -0.3 is 39.5 Å². The maximum atomic E-state index is 13.9. The summed E-state index contributed by atoms with van der Waals surface area (Å²) in [7, 11) is 0. The fourth-order valence-corrected chi connectivity index (χ4v) is 8.68. The van der Waals surface area contributed by atoms with E-state index in [1.165, 1.54) is 6.07 Å². The summed E-state index contributed by atoms with van der Waals surface area (Å²) >= 11 is 0. The van der Waals surface area contributed by atoms with Crippen LogP contribution in [0.1, 0.15) is 96.4 Å². The molecule has 0 saturated carbocycles. The zero-order valence-electron chi connectivity index (χ0n) is 37.7. The molecule has 4 heterocycles. The van der Waals surface area contributed by atoms with Gasteiger partial charge in [0.05, 0.1) is 37.6 Å². The number of hydrogen-bond donors (Lipinski definition) is 4. The van der Waals surface area contributed by atoms with Crippen LogP contribution in [0.25, 0.3) is 11.1 Å². The Kier molecular flexibility index (Phi) is 15.4. The number of aromatic nitrogens is 1. The minimum atomic E-state index is -1.07. The molecule has 3 aliphatic heterocycles. The molecule has 6 amide bonds. The van der Waals surface area contributed by atoms with Gasteiger partial charge in [-0.25, -0.2) is 0 Å². The number of anilines is 1. The number of H-pyrrole nitrogens is 1. The quantitative estimate of drug-likeness (QED) is 0.0772. The lowest BCUT2D eigenvalue weighted by Gasteiger charge is -2.37. The molecule has 1 aromatic heterocycles. The van der Waals surface area contributed by atoms with E-state index < -0.39 is 29.7 Å². The van der Waals surface area contributed by atoms with Gasteiger partial charge in [-0.1, -0.05) is 18.2 Å². The summed E-state index contributed by atoms with van der Waals surface area (Å²) in [5.41, 5.74) is 6.44. The molecule has 0 radical (unpaired) electrons. The fraction of sp³-hybridized carbons (Fsp3) is 0.408. The Morgan fingerprint density at radius 3 is 2.26 bits per heavy atom. The van der Waals surface area contributed by atoms with Crippen molar-refractivity contribution in [3.63, 3.8) is 0 Å². The van der Waals surface area contributed by atoms with E-state index in [-0.39, 0.29) is 99.3 Å². The first-order valence-corrected chi connectivity index (χ1v) is 22.3. The van der Waals surface area contributed by atoms with Gasteiger partial charge in [-0.2, -0.15) is 0 Å². The van der Waals surface area contributed by atoms with E-state index in [2.05, 4.69) is 38.8 Å². The van der Waals surface area contributed by atoms with Crippen molar-refractivity contribution in [1.82, 2.24) is 25.8 Å². The number of nitrogens with zero attached hydrogens (tertiary/aromatic N) is 2. The van der Waals surface area contributed by atoms with E-state index in [1.807, 2.05) is 45.0 Å². The highest BCUT2D eigenvalue weighted by atomic mass is 16.5. The first kappa shape index (κ1) is 47.3. The molecular formula is C49H56N6O11. The van der Waals surface area contributed by atoms with Crippen LogP contribution >= 0.6 is 0 Å². The Morgan fingerprint density at radius 1 is 0.818 bits per heavy atom. The van der Waals surface area contributed by atoms with E-state index in [1.54, 1.807) is 24.3 Å². The fourth-order valence-electron chi connectivity index (χ4n) is 8.68. The second-order valence-corrected chi connectivity index (χ2v) is 16.5. The molecule has 7 rings (SSSR count). The maximum absolute atomic E-state index is 13.9. The van der Waals surface area contributed by atoms with Crippen molar-refractivity contribution in [3.05, 3.63) is 116 Å². The molecule has 66 heavy (non-hydrogen) atoms. The number of fused-ring (bicyclic) bond motifs is 1. The largest absolute Gasteiger partial charge is 0.490 e. The lowest BCUT2D eigenvalue weighted by atomic mass is 9.94. The Labute approximate surface area is 382 Å². The van der Waals surface area contributed by atoms with Gasteiger partial charge in [0.2, 0.25) is 11.8 Å². The van der Waals surface area contributed by atoms with Crippen LogP contribution < -0.4 is 31.1 Å². The number of pyridine rings is 1. The summed E-state index contributed by atoms with van der Waals surface area (Å²) in [5, 5.41) is 8.04. The number of aryl methyl sites for hydroxylation is 2. The highest BCUT2D eigenvalue weighted by Crippen LogP contribution is 2.35. The summed E-state index contributed by atoms with van der Waals surface area (Å²) in [4.78, 5) is 96.0. The van der Waals surface area contributed by atoms with Crippen LogP contribution in [0.15, 0.2) is 65.5 Å². The summed E-state index contributed by atoms with van der Waals surface area (Å²) in [6.07, 6.45) is 1.83. The number of amides is 6. The summed E-state index contributed by atoms with van der Waals surface area (Å²) in [5.74, 6) is -2.76. The van der Waals surface area contributed by atoms with Crippen molar-refractivity contribution in [1.29, 1.82) is 0 Å². The molecular weight excluding hydrogens is 849 g/mol. The monoisotopic (exact) mass is 904 g/mol. The number of nitrogens with one attached hydrogen (secondary N) is 4. The molecule has 0 bridgehead atoms. The molecule has 17 nitrogen and oxygen atoms in total. The molecule has 17 heteroatoms. The molecule has 2 saturated heterocycles. The number of carbonyl (C=O) groups excluding carboxylic acids is 6. The van der Waals surface area contributed by atoms with Crippen molar-refractivity contribution in [2.75, 3.05) is 64.2 Å². The van der Waals surface area contributed by atoms with Gasteiger partial charge in [-0.05, 0) is 112 Å². The molecule has 0 spiro atoms. The van der Waals surface area contributed by atoms with Crippen LogP contribution in [0.2, 0.25) is 0 Å². The SMILES string of the molecule is CCN(c1cc(-c2ccc(C(=O)NCCOCCOCCOc3cccc4c3C(=O)N(C3CCC(=O)NC3=O)C4=O)cc2)cc(C(=O)NCc2c(C)cc(C)[nH]c2=O)c1C)C1CCOCC1. The first-order chi connectivity index (χ1) is 31.9. The third-order valence-electron chi connectivity index (χ3n) is 12.1. The van der Waals surface area contributed by atoms with Crippen LogP contribution in [0, 0.1) is 20.8 Å². The number of rotatable bonds is 19. The number of benzene rings is 3. The predicted octanol–water partition coefficient (Wildman–Crippen LogP) is 4.15. The van der Waals surface area contributed by atoms with Gasteiger partial charge in [0.15, 0.2) is 0 Å². The predicted molar refractivity (Wildman–Crippen MR) is 244 cm³/mol. The average molecular weight is 905 g/mol. The number of piperidine rings is 1. The highest BCUT2D eigenvalue weighted by molar-refractivity contribution is 6.24. The first-order valence-electron chi connectivity index (χ1n) is 22.3. The molecule has 348 valence electrons. The Bertz CT molecular complexity index is 2550. The van der Waals surface area contributed by atoms with Crippen LogP contribution in [0.3, 0.4) is 0 Å². The second-order valence-electron chi connectivity index (χ2n) is 16.5. The van der Waals surface area contributed by atoms with E-state index in [9.17, 15) is 33.6 Å². The number of hydrogen-bond acceptors (Lipinski definition) is 12. The third kappa shape index (κ3) is 10.7. The maximum Gasteiger partial charge on any atom is 0.266 e. The van der Waals surface area contributed by atoms with Gasteiger partial charge in [0.25, 0.3) is 29.2 Å². The minimum absolute atomic E-state index is 0.0278. The summed E-state index contributed by atoms with van der Waals surface area (Å²) in [6.45, 7) is 11.2. The average Bonchev–Trinajstić information content (AvgIpc) is 3.56.